The van der Waals surface area contributed by atoms with E-state index in [-0.39, 0.29) is 18.6 Å². The molecule has 0 saturated carbocycles. The summed E-state index contributed by atoms with van der Waals surface area (Å²) in [7, 11) is 0. The molecule has 7 heteroatoms. The average Bonchev–Trinajstić information content (AvgIpc) is 3.55. The highest BCUT2D eigenvalue weighted by Gasteiger charge is 2.21. The predicted octanol–water partition coefficient (Wildman–Crippen LogP) is 4.20. The predicted molar refractivity (Wildman–Crippen MR) is 126 cm³/mol. The van der Waals surface area contributed by atoms with E-state index in [1.54, 1.807) is 24.3 Å². The fraction of sp³-hybridized carbons (Fsp3) is 0.231. The van der Waals surface area contributed by atoms with Gasteiger partial charge < -0.3 is 25.0 Å². The molecule has 0 bridgehead atoms. The van der Waals surface area contributed by atoms with E-state index in [2.05, 4.69) is 15.5 Å². The summed E-state index contributed by atoms with van der Waals surface area (Å²) in [6.07, 6.45) is 2.21. The molecule has 2 amide bonds. The van der Waals surface area contributed by atoms with Crippen LogP contribution in [0.4, 0.5) is 11.4 Å². The van der Waals surface area contributed by atoms with Gasteiger partial charge in [-0.2, -0.15) is 0 Å². The number of ether oxygens (including phenoxy) is 2. The van der Waals surface area contributed by atoms with Gasteiger partial charge in [0, 0.05) is 36.6 Å². The van der Waals surface area contributed by atoms with E-state index in [1.165, 1.54) is 0 Å². The summed E-state index contributed by atoms with van der Waals surface area (Å²) < 4.78 is 10.7. The molecule has 168 valence electrons. The molecule has 0 aromatic heterocycles. The van der Waals surface area contributed by atoms with Crippen LogP contribution in [0.1, 0.15) is 39.1 Å². The van der Waals surface area contributed by atoms with E-state index in [0.717, 1.165) is 37.2 Å². The molecule has 0 atom stereocenters. The maximum Gasteiger partial charge on any atom is 0.255 e. The molecular weight excluding hydrogens is 418 g/mol. The van der Waals surface area contributed by atoms with Gasteiger partial charge in [-0.3, -0.25) is 9.59 Å². The molecule has 0 aliphatic carbocycles. The summed E-state index contributed by atoms with van der Waals surface area (Å²) in [5, 5.41) is 5.91. The Labute approximate surface area is 192 Å². The number of nitrogens with zero attached hydrogens (tertiary/aromatic N) is 1. The second-order valence-corrected chi connectivity index (χ2v) is 8.12. The molecule has 3 aromatic rings. The number of fused-ring (bicyclic) bond motifs is 1. The summed E-state index contributed by atoms with van der Waals surface area (Å²) in [5.74, 6) is 0.727. The van der Waals surface area contributed by atoms with E-state index < -0.39 is 0 Å². The van der Waals surface area contributed by atoms with Crippen LogP contribution in [-0.4, -0.2) is 31.7 Å². The number of hydrogen-bond acceptors (Lipinski definition) is 5. The number of carbonyl (C=O) groups is 2. The maximum atomic E-state index is 13.2. The van der Waals surface area contributed by atoms with Crippen molar-refractivity contribution in [3.8, 4) is 11.5 Å². The third kappa shape index (κ3) is 4.62. The van der Waals surface area contributed by atoms with Gasteiger partial charge in [-0.05, 0) is 54.8 Å². The van der Waals surface area contributed by atoms with E-state index in [4.69, 9.17) is 9.47 Å². The lowest BCUT2D eigenvalue weighted by atomic mass is 10.1. The van der Waals surface area contributed by atoms with Gasteiger partial charge in [0.05, 0.1) is 5.56 Å². The van der Waals surface area contributed by atoms with E-state index in [9.17, 15) is 9.59 Å². The van der Waals surface area contributed by atoms with Crippen LogP contribution in [0, 0.1) is 0 Å². The fourth-order valence-electron chi connectivity index (χ4n) is 4.14. The van der Waals surface area contributed by atoms with Crippen LogP contribution in [0.5, 0.6) is 11.5 Å². The van der Waals surface area contributed by atoms with E-state index in [1.807, 2.05) is 42.5 Å². The van der Waals surface area contributed by atoms with Crippen LogP contribution in [0.25, 0.3) is 0 Å². The minimum Gasteiger partial charge on any atom is -0.454 e. The molecule has 2 N–H and O–H groups in total. The number of hydrogen-bond donors (Lipinski definition) is 2. The topological polar surface area (TPSA) is 79.9 Å². The van der Waals surface area contributed by atoms with Crippen molar-refractivity contribution in [1.29, 1.82) is 0 Å². The molecular formula is C26H25N3O4. The van der Waals surface area contributed by atoms with Gasteiger partial charge in [-0.1, -0.05) is 30.3 Å². The smallest absolute Gasteiger partial charge is 0.255 e. The maximum absolute atomic E-state index is 13.2. The molecule has 2 aliphatic rings. The van der Waals surface area contributed by atoms with Gasteiger partial charge in [0.1, 0.15) is 0 Å². The molecule has 1 saturated heterocycles. The molecule has 3 aromatic carbocycles. The number of amides is 2. The van der Waals surface area contributed by atoms with Gasteiger partial charge >= 0.3 is 0 Å². The van der Waals surface area contributed by atoms with Crippen molar-refractivity contribution in [2.24, 2.45) is 0 Å². The Morgan fingerprint density at radius 2 is 1.64 bits per heavy atom. The van der Waals surface area contributed by atoms with Gasteiger partial charge in [0.2, 0.25) is 6.79 Å². The Hall–Kier alpha value is -4.00. The van der Waals surface area contributed by atoms with Gasteiger partial charge in [-0.25, -0.2) is 0 Å². The van der Waals surface area contributed by atoms with Crippen molar-refractivity contribution in [1.82, 2.24) is 5.32 Å². The van der Waals surface area contributed by atoms with Crippen LogP contribution in [-0.2, 0) is 6.54 Å². The fourth-order valence-corrected chi connectivity index (χ4v) is 4.14. The van der Waals surface area contributed by atoms with Crippen LogP contribution in [0.3, 0.4) is 0 Å². The number of anilines is 2. The highest BCUT2D eigenvalue weighted by atomic mass is 16.7. The number of benzene rings is 3. The van der Waals surface area contributed by atoms with Crippen molar-refractivity contribution < 1.29 is 19.1 Å². The highest BCUT2D eigenvalue weighted by molar-refractivity contribution is 6.06. The molecule has 33 heavy (non-hydrogen) atoms. The number of rotatable bonds is 6. The van der Waals surface area contributed by atoms with Gasteiger partial charge in [0.25, 0.3) is 11.8 Å². The molecule has 0 unspecified atom stereocenters. The van der Waals surface area contributed by atoms with Crippen molar-refractivity contribution in [2.75, 3.05) is 30.1 Å². The summed E-state index contributed by atoms with van der Waals surface area (Å²) >= 11 is 0. The molecule has 5 rings (SSSR count). The second-order valence-electron chi connectivity index (χ2n) is 8.12. The normalized spacial score (nSPS) is 14.2. The van der Waals surface area contributed by atoms with Crippen LogP contribution in [0.15, 0.2) is 66.7 Å². The minimum absolute atomic E-state index is 0.153. The Morgan fingerprint density at radius 1 is 0.848 bits per heavy atom. The van der Waals surface area contributed by atoms with Gasteiger partial charge in [0.15, 0.2) is 11.5 Å². The molecule has 0 spiro atoms. The lowest BCUT2D eigenvalue weighted by Gasteiger charge is -2.22. The zero-order chi connectivity index (χ0) is 22.6. The lowest BCUT2D eigenvalue weighted by molar-refractivity contribution is 0.0950. The SMILES string of the molecule is O=C(Nc1ccc(N2CCCC2)c(C(=O)NCc2ccccc2)c1)c1ccc2c(c1)OCO2. The Bertz CT molecular complexity index is 1170. The first-order valence-electron chi connectivity index (χ1n) is 11.1. The molecule has 0 radical (unpaired) electrons. The molecule has 1 fully saturated rings. The first-order chi connectivity index (χ1) is 16.2. The van der Waals surface area contributed by atoms with Gasteiger partial charge in [-0.15, -0.1) is 0 Å². The Kier molecular flexibility index (Phi) is 5.85. The van der Waals surface area contributed by atoms with Crippen LogP contribution in [0.2, 0.25) is 0 Å². The molecule has 2 aliphatic heterocycles. The van der Waals surface area contributed by atoms with Crippen molar-refractivity contribution >= 4 is 23.2 Å². The standard InChI is InChI=1S/C26H25N3O4/c30-25(19-8-11-23-24(14-19)33-17-32-23)28-20-9-10-22(29-12-4-5-13-29)21(15-20)26(31)27-16-18-6-2-1-3-7-18/h1-3,6-11,14-15H,4-5,12-13,16-17H2,(H,27,31)(H,28,30). The summed E-state index contributed by atoms with van der Waals surface area (Å²) in [5.41, 5.74) is 3.49. The van der Waals surface area contributed by atoms with E-state index in [0.29, 0.717) is 34.9 Å². The number of nitrogens with one attached hydrogen (secondary N) is 2. The largest absolute Gasteiger partial charge is 0.454 e. The first kappa shape index (κ1) is 20.9. The number of carbonyl (C=O) groups excluding carboxylic acids is 2. The zero-order valence-corrected chi connectivity index (χ0v) is 18.2. The quantitative estimate of drug-likeness (QED) is 0.597. The Balaban J connectivity index is 1.36. The highest BCUT2D eigenvalue weighted by Crippen LogP contribution is 2.33. The summed E-state index contributed by atoms with van der Waals surface area (Å²) in [6, 6.07) is 20.4. The lowest BCUT2D eigenvalue weighted by Crippen LogP contribution is -2.27. The average molecular weight is 444 g/mol. The third-order valence-corrected chi connectivity index (χ3v) is 5.88. The van der Waals surface area contributed by atoms with Crippen LogP contribution < -0.4 is 25.0 Å². The third-order valence-electron chi connectivity index (χ3n) is 5.88. The first-order valence-corrected chi connectivity index (χ1v) is 11.1. The summed E-state index contributed by atoms with van der Waals surface area (Å²) in [6.45, 7) is 2.43. The summed E-state index contributed by atoms with van der Waals surface area (Å²) in [4.78, 5) is 28.2. The zero-order valence-electron chi connectivity index (χ0n) is 18.2. The molecule has 7 nitrogen and oxygen atoms in total. The molecule has 2 heterocycles. The van der Waals surface area contributed by atoms with Crippen molar-refractivity contribution in [3.05, 3.63) is 83.4 Å². The van der Waals surface area contributed by atoms with E-state index >= 15 is 0 Å². The Morgan fingerprint density at radius 3 is 2.45 bits per heavy atom. The van der Waals surface area contributed by atoms with Crippen molar-refractivity contribution in [2.45, 2.75) is 19.4 Å². The van der Waals surface area contributed by atoms with Crippen LogP contribution >= 0.6 is 0 Å². The second kappa shape index (κ2) is 9.24. The van der Waals surface area contributed by atoms with Crippen molar-refractivity contribution in [3.63, 3.8) is 0 Å². The monoisotopic (exact) mass is 443 g/mol. The minimum atomic E-state index is -0.280.